The molecule has 2 aliphatic heterocycles. The Bertz CT molecular complexity index is 786. The van der Waals surface area contributed by atoms with Gasteiger partial charge in [-0.05, 0) is 56.2 Å². The number of amides is 1. The van der Waals surface area contributed by atoms with E-state index in [4.69, 9.17) is 10.5 Å². The highest BCUT2D eigenvalue weighted by atomic mass is 16.5. The number of benzene rings is 1. The molecular formula is C21H29N3O2. The van der Waals surface area contributed by atoms with Crippen LogP contribution in [0.2, 0.25) is 0 Å². The summed E-state index contributed by atoms with van der Waals surface area (Å²) >= 11 is 0. The normalized spacial score (nSPS) is 23.5. The lowest BCUT2D eigenvalue weighted by Gasteiger charge is -2.50. The largest absolute Gasteiger partial charge is 0.381 e. The van der Waals surface area contributed by atoms with Crippen molar-refractivity contribution in [2.75, 3.05) is 19.8 Å². The smallest absolute Gasteiger partial charge is 0.235 e. The van der Waals surface area contributed by atoms with E-state index in [0.717, 1.165) is 58.5 Å². The van der Waals surface area contributed by atoms with Gasteiger partial charge in [-0.25, -0.2) is 0 Å². The first kappa shape index (κ1) is 17.6. The molecule has 0 aliphatic carbocycles. The number of aryl methyl sites for hydroxylation is 1. The zero-order valence-corrected chi connectivity index (χ0v) is 15.6. The van der Waals surface area contributed by atoms with E-state index in [1.165, 1.54) is 16.5 Å². The van der Waals surface area contributed by atoms with Gasteiger partial charge >= 0.3 is 0 Å². The Balaban J connectivity index is 1.67. The second kappa shape index (κ2) is 7.05. The van der Waals surface area contributed by atoms with Gasteiger partial charge in [-0.15, -0.1) is 0 Å². The van der Waals surface area contributed by atoms with Crippen molar-refractivity contribution in [1.29, 1.82) is 0 Å². The van der Waals surface area contributed by atoms with Gasteiger partial charge in [-0.1, -0.05) is 18.2 Å². The Hall–Kier alpha value is -1.85. The molecule has 5 heteroatoms. The SMILES string of the molecule is CCn1cc(CN2CCCC3(CCOCC3)C2C(N)=O)c2ccccc21. The molecule has 26 heavy (non-hydrogen) atoms. The number of primary amides is 1. The third-order valence-electron chi connectivity index (χ3n) is 6.41. The Morgan fingerprint density at radius 1 is 1.27 bits per heavy atom. The molecule has 2 fully saturated rings. The molecule has 1 amide bonds. The highest BCUT2D eigenvalue weighted by Gasteiger charge is 2.48. The molecule has 140 valence electrons. The van der Waals surface area contributed by atoms with Crippen molar-refractivity contribution in [2.45, 2.75) is 51.7 Å². The summed E-state index contributed by atoms with van der Waals surface area (Å²) in [6.45, 7) is 6.31. The molecule has 2 N–H and O–H groups in total. The van der Waals surface area contributed by atoms with Crippen LogP contribution in [0.4, 0.5) is 0 Å². The molecular weight excluding hydrogens is 326 g/mol. The van der Waals surface area contributed by atoms with Crippen LogP contribution in [0, 0.1) is 5.41 Å². The summed E-state index contributed by atoms with van der Waals surface area (Å²) in [6, 6.07) is 8.34. The second-order valence-electron chi connectivity index (χ2n) is 7.81. The number of hydrogen-bond donors (Lipinski definition) is 1. The number of hydrogen-bond acceptors (Lipinski definition) is 3. The number of aromatic nitrogens is 1. The lowest BCUT2D eigenvalue weighted by atomic mass is 9.67. The summed E-state index contributed by atoms with van der Waals surface area (Å²) in [6.07, 6.45) is 6.32. The predicted molar refractivity (Wildman–Crippen MR) is 103 cm³/mol. The Morgan fingerprint density at radius 2 is 2.04 bits per heavy atom. The van der Waals surface area contributed by atoms with Gasteiger partial charge in [0.05, 0.1) is 6.04 Å². The number of nitrogens with two attached hydrogens (primary N) is 1. The molecule has 0 radical (unpaired) electrons. The summed E-state index contributed by atoms with van der Waals surface area (Å²) in [7, 11) is 0. The molecule has 0 saturated carbocycles. The zero-order chi connectivity index (χ0) is 18.1. The first-order valence-electron chi connectivity index (χ1n) is 9.82. The Labute approximate surface area is 155 Å². The molecule has 1 atom stereocenters. The average molecular weight is 355 g/mol. The lowest BCUT2D eigenvalue weighted by molar-refractivity contribution is -0.138. The molecule has 3 heterocycles. The van der Waals surface area contributed by atoms with Crippen molar-refractivity contribution in [2.24, 2.45) is 11.1 Å². The van der Waals surface area contributed by atoms with Crippen LogP contribution < -0.4 is 5.73 Å². The first-order valence-corrected chi connectivity index (χ1v) is 9.82. The Kier molecular flexibility index (Phi) is 4.76. The van der Waals surface area contributed by atoms with Crippen molar-refractivity contribution < 1.29 is 9.53 Å². The number of para-hydroxylation sites is 1. The lowest BCUT2D eigenvalue weighted by Crippen LogP contribution is -2.59. The summed E-state index contributed by atoms with van der Waals surface area (Å²) in [5.41, 5.74) is 8.48. The molecule has 2 saturated heterocycles. The number of rotatable bonds is 4. The van der Waals surface area contributed by atoms with E-state index in [1.54, 1.807) is 0 Å². The Morgan fingerprint density at radius 3 is 2.77 bits per heavy atom. The van der Waals surface area contributed by atoms with E-state index in [-0.39, 0.29) is 17.4 Å². The number of nitrogens with zero attached hydrogens (tertiary/aromatic N) is 2. The number of carbonyl (C=O) groups is 1. The van der Waals surface area contributed by atoms with Gasteiger partial charge in [0.25, 0.3) is 0 Å². The van der Waals surface area contributed by atoms with E-state index in [1.807, 2.05) is 0 Å². The molecule has 1 spiro atoms. The molecule has 1 aromatic heterocycles. The monoisotopic (exact) mass is 355 g/mol. The van der Waals surface area contributed by atoms with Gasteiger partial charge in [0.2, 0.25) is 5.91 Å². The van der Waals surface area contributed by atoms with E-state index in [9.17, 15) is 4.79 Å². The van der Waals surface area contributed by atoms with Crippen LogP contribution in [0.1, 0.15) is 38.2 Å². The molecule has 0 bridgehead atoms. The summed E-state index contributed by atoms with van der Waals surface area (Å²) < 4.78 is 7.87. The number of carbonyl (C=O) groups excluding carboxylic acids is 1. The van der Waals surface area contributed by atoms with Gasteiger partial charge in [0.15, 0.2) is 0 Å². The van der Waals surface area contributed by atoms with Gasteiger partial charge < -0.3 is 15.0 Å². The maximum Gasteiger partial charge on any atom is 0.235 e. The van der Waals surface area contributed by atoms with Crippen LogP contribution >= 0.6 is 0 Å². The zero-order valence-electron chi connectivity index (χ0n) is 15.6. The molecule has 2 aliphatic rings. The van der Waals surface area contributed by atoms with Crippen LogP contribution in [-0.2, 0) is 22.6 Å². The first-order chi connectivity index (χ1) is 12.6. The summed E-state index contributed by atoms with van der Waals surface area (Å²) in [4.78, 5) is 14.8. The fourth-order valence-corrected chi connectivity index (χ4v) is 5.17. The van der Waals surface area contributed by atoms with Crippen molar-refractivity contribution in [3.8, 4) is 0 Å². The van der Waals surface area contributed by atoms with Gasteiger partial charge in [0.1, 0.15) is 0 Å². The minimum absolute atomic E-state index is 0.00847. The van der Waals surface area contributed by atoms with Crippen LogP contribution in [0.3, 0.4) is 0 Å². The highest BCUT2D eigenvalue weighted by Crippen LogP contribution is 2.44. The topological polar surface area (TPSA) is 60.5 Å². The fraction of sp³-hybridized carbons (Fsp3) is 0.571. The molecule has 5 nitrogen and oxygen atoms in total. The van der Waals surface area contributed by atoms with E-state index < -0.39 is 0 Å². The minimum atomic E-state index is -0.191. The number of likely N-dealkylation sites (tertiary alicyclic amines) is 1. The van der Waals surface area contributed by atoms with Crippen LogP contribution in [0.15, 0.2) is 30.5 Å². The second-order valence-corrected chi connectivity index (χ2v) is 7.81. The maximum atomic E-state index is 12.5. The van der Waals surface area contributed by atoms with Gasteiger partial charge in [-0.3, -0.25) is 9.69 Å². The van der Waals surface area contributed by atoms with Gasteiger partial charge in [0, 0.05) is 43.4 Å². The quantitative estimate of drug-likeness (QED) is 0.917. The standard InChI is InChI=1S/C21H29N3O2/c1-2-23-14-16(17-6-3-4-7-18(17)23)15-24-11-5-8-21(19(24)20(22)25)9-12-26-13-10-21/h3-4,6-7,14,19H,2,5,8-13,15H2,1H3,(H2,22,25). The van der Waals surface area contributed by atoms with Crippen molar-refractivity contribution in [1.82, 2.24) is 9.47 Å². The molecule has 4 rings (SSSR count). The van der Waals surface area contributed by atoms with Crippen LogP contribution in [0.25, 0.3) is 10.9 Å². The number of piperidine rings is 1. The third kappa shape index (κ3) is 2.93. The summed E-state index contributed by atoms with van der Waals surface area (Å²) in [5.74, 6) is -0.175. The highest BCUT2D eigenvalue weighted by molar-refractivity contribution is 5.84. The third-order valence-corrected chi connectivity index (χ3v) is 6.41. The van der Waals surface area contributed by atoms with Crippen LogP contribution in [0.5, 0.6) is 0 Å². The van der Waals surface area contributed by atoms with Crippen molar-refractivity contribution in [3.05, 3.63) is 36.0 Å². The number of ether oxygens (including phenoxy) is 1. The van der Waals surface area contributed by atoms with Crippen molar-refractivity contribution >= 4 is 16.8 Å². The van der Waals surface area contributed by atoms with E-state index in [2.05, 4.69) is 46.9 Å². The van der Waals surface area contributed by atoms with Crippen LogP contribution in [-0.4, -0.2) is 41.2 Å². The van der Waals surface area contributed by atoms with E-state index in [0.29, 0.717) is 0 Å². The van der Waals surface area contributed by atoms with Crippen molar-refractivity contribution in [3.63, 3.8) is 0 Å². The summed E-state index contributed by atoms with van der Waals surface area (Å²) in [5, 5.41) is 1.28. The maximum absolute atomic E-state index is 12.5. The molecule has 1 aromatic carbocycles. The number of fused-ring (bicyclic) bond motifs is 1. The molecule has 1 unspecified atom stereocenters. The molecule has 2 aromatic rings. The predicted octanol–water partition coefficient (Wildman–Crippen LogP) is 2.91. The average Bonchev–Trinajstić information content (AvgIpc) is 3.00. The fourth-order valence-electron chi connectivity index (χ4n) is 5.17. The minimum Gasteiger partial charge on any atom is -0.381 e. The van der Waals surface area contributed by atoms with E-state index >= 15 is 0 Å². The van der Waals surface area contributed by atoms with Gasteiger partial charge in [-0.2, -0.15) is 0 Å².